The summed E-state index contributed by atoms with van der Waals surface area (Å²) in [4.78, 5) is 16.0. The van der Waals surface area contributed by atoms with E-state index in [9.17, 15) is 4.79 Å². The summed E-state index contributed by atoms with van der Waals surface area (Å²) >= 11 is 0. The van der Waals surface area contributed by atoms with Crippen LogP contribution in [0.5, 0.6) is 11.5 Å². The molecule has 1 aromatic carbocycles. The van der Waals surface area contributed by atoms with Gasteiger partial charge in [-0.1, -0.05) is 0 Å². The van der Waals surface area contributed by atoms with Gasteiger partial charge in [-0.05, 0) is 45.0 Å². The number of guanidine groups is 1. The van der Waals surface area contributed by atoms with Crippen LogP contribution in [0.1, 0.15) is 27.2 Å². The highest BCUT2D eigenvalue weighted by atomic mass is 127. The molecule has 0 heterocycles. The van der Waals surface area contributed by atoms with Crippen LogP contribution in [0.4, 0.5) is 0 Å². The summed E-state index contributed by atoms with van der Waals surface area (Å²) in [5.41, 5.74) is 0. The van der Waals surface area contributed by atoms with Crippen LogP contribution in [0.25, 0.3) is 0 Å². The van der Waals surface area contributed by atoms with Gasteiger partial charge in [0.2, 0.25) is 5.91 Å². The molecule has 0 spiro atoms. The molecule has 1 rings (SSSR count). The Kier molecular flexibility index (Phi) is 13.5. The Bertz CT molecular complexity index is 536. The molecule has 0 aromatic heterocycles. The van der Waals surface area contributed by atoms with Crippen molar-refractivity contribution < 1.29 is 14.3 Å². The Labute approximate surface area is 173 Å². The standard InChI is InChI=1S/C18H30N4O3.HI/c1-5-19-18(20-11-10-17(23)22-14(2)3)21-12-13-25-16-8-6-15(24-4)7-9-16;/h6-9,14H,5,10-13H2,1-4H3,(H,22,23)(H2,19,20,21);1H. The molecule has 0 bridgehead atoms. The predicted octanol–water partition coefficient (Wildman–Crippen LogP) is 2.16. The minimum Gasteiger partial charge on any atom is -0.497 e. The fourth-order valence-electron chi connectivity index (χ4n) is 2.02. The van der Waals surface area contributed by atoms with Gasteiger partial charge in [0.05, 0.1) is 20.2 Å². The molecule has 8 heteroatoms. The lowest BCUT2D eigenvalue weighted by Gasteiger charge is -2.12. The van der Waals surface area contributed by atoms with E-state index in [-0.39, 0.29) is 35.9 Å². The van der Waals surface area contributed by atoms with Gasteiger partial charge in [0.1, 0.15) is 18.1 Å². The van der Waals surface area contributed by atoms with E-state index in [1.54, 1.807) is 7.11 Å². The van der Waals surface area contributed by atoms with Gasteiger partial charge in [-0.3, -0.25) is 9.79 Å². The number of hydrogen-bond donors (Lipinski definition) is 3. The van der Waals surface area contributed by atoms with Crippen LogP contribution >= 0.6 is 24.0 Å². The fourth-order valence-corrected chi connectivity index (χ4v) is 2.02. The first kappa shape index (κ1) is 24.3. The number of methoxy groups -OCH3 is 1. The van der Waals surface area contributed by atoms with E-state index in [2.05, 4.69) is 20.9 Å². The summed E-state index contributed by atoms with van der Waals surface area (Å²) < 4.78 is 10.8. The molecular weight excluding hydrogens is 447 g/mol. The SMILES string of the molecule is CCNC(=NCCC(=O)NC(C)C)NCCOc1ccc(OC)cc1.I. The van der Waals surface area contributed by atoms with Gasteiger partial charge in [0.15, 0.2) is 5.96 Å². The number of carbonyl (C=O) groups excluding carboxylic acids is 1. The number of rotatable bonds is 10. The number of ether oxygens (including phenoxy) is 2. The van der Waals surface area contributed by atoms with E-state index in [1.165, 1.54) is 0 Å². The third-order valence-corrected chi connectivity index (χ3v) is 3.13. The second-order valence-electron chi connectivity index (χ2n) is 5.68. The number of nitrogens with one attached hydrogen (secondary N) is 3. The van der Waals surface area contributed by atoms with Crippen LogP contribution < -0.4 is 25.4 Å². The molecule has 0 atom stereocenters. The molecule has 0 saturated carbocycles. The Morgan fingerprint density at radius 1 is 1.15 bits per heavy atom. The quantitative estimate of drug-likeness (QED) is 0.208. The number of hydrogen-bond acceptors (Lipinski definition) is 4. The first-order valence-corrected chi connectivity index (χ1v) is 8.63. The Morgan fingerprint density at radius 2 is 1.81 bits per heavy atom. The largest absolute Gasteiger partial charge is 0.497 e. The maximum atomic E-state index is 11.6. The van der Waals surface area contributed by atoms with E-state index in [0.717, 1.165) is 18.0 Å². The van der Waals surface area contributed by atoms with Crippen LogP contribution in [-0.4, -0.2) is 51.3 Å². The Balaban J connectivity index is 0.00000625. The number of halogens is 1. The molecule has 7 nitrogen and oxygen atoms in total. The highest BCUT2D eigenvalue weighted by Gasteiger charge is 2.03. The average molecular weight is 478 g/mol. The van der Waals surface area contributed by atoms with E-state index in [1.807, 2.05) is 45.0 Å². The summed E-state index contributed by atoms with van der Waals surface area (Å²) in [6.07, 6.45) is 0.372. The summed E-state index contributed by atoms with van der Waals surface area (Å²) in [7, 11) is 1.63. The van der Waals surface area contributed by atoms with Crippen LogP contribution in [0.3, 0.4) is 0 Å². The van der Waals surface area contributed by atoms with Crippen molar-refractivity contribution in [3.05, 3.63) is 24.3 Å². The van der Waals surface area contributed by atoms with Gasteiger partial charge in [0, 0.05) is 19.0 Å². The lowest BCUT2D eigenvalue weighted by atomic mass is 10.3. The minimum absolute atomic E-state index is 0. The smallest absolute Gasteiger partial charge is 0.222 e. The Hall–Kier alpha value is -1.71. The highest BCUT2D eigenvalue weighted by molar-refractivity contribution is 14.0. The van der Waals surface area contributed by atoms with Crippen molar-refractivity contribution in [3.8, 4) is 11.5 Å². The van der Waals surface area contributed by atoms with Gasteiger partial charge in [-0.25, -0.2) is 0 Å². The molecule has 3 N–H and O–H groups in total. The van der Waals surface area contributed by atoms with E-state index < -0.39 is 0 Å². The van der Waals surface area contributed by atoms with Gasteiger partial charge in [-0.15, -0.1) is 24.0 Å². The van der Waals surface area contributed by atoms with Gasteiger partial charge in [-0.2, -0.15) is 0 Å². The average Bonchev–Trinajstić information content (AvgIpc) is 2.58. The summed E-state index contributed by atoms with van der Waals surface area (Å²) in [6, 6.07) is 7.60. The lowest BCUT2D eigenvalue weighted by molar-refractivity contribution is -0.121. The number of amides is 1. The van der Waals surface area contributed by atoms with Gasteiger partial charge < -0.3 is 25.4 Å². The van der Waals surface area contributed by atoms with E-state index >= 15 is 0 Å². The van der Waals surface area contributed by atoms with Crippen LogP contribution in [-0.2, 0) is 4.79 Å². The lowest BCUT2D eigenvalue weighted by Crippen LogP contribution is -2.39. The summed E-state index contributed by atoms with van der Waals surface area (Å²) in [5.74, 6) is 2.28. The Morgan fingerprint density at radius 3 is 2.38 bits per heavy atom. The molecule has 0 radical (unpaired) electrons. The third-order valence-electron chi connectivity index (χ3n) is 3.13. The molecule has 0 aliphatic carbocycles. The van der Waals surface area contributed by atoms with Crippen LogP contribution in [0, 0.1) is 0 Å². The fraction of sp³-hybridized carbons (Fsp3) is 0.556. The second-order valence-corrected chi connectivity index (χ2v) is 5.68. The topological polar surface area (TPSA) is 84.0 Å². The van der Waals surface area contributed by atoms with Crippen molar-refractivity contribution in [3.63, 3.8) is 0 Å². The summed E-state index contributed by atoms with van der Waals surface area (Å²) in [5, 5.41) is 9.18. The minimum atomic E-state index is 0. The molecule has 0 unspecified atom stereocenters. The van der Waals surface area contributed by atoms with Gasteiger partial charge in [0.25, 0.3) is 0 Å². The monoisotopic (exact) mass is 478 g/mol. The first-order valence-electron chi connectivity index (χ1n) is 8.63. The number of benzene rings is 1. The van der Waals surface area contributed by atoms with E-state index in [0.29, 0.717) is 32.1 Å². The normalized spacial score (nSPS) is 10.7. The van der Waals surface area contributed by atoms with Crippen LogP contribution in [0.15, 0.2) is 29.3 Å². The van der Waals surface area contributed by atoms with Crippen molar-refractivity contribution in [1.82, 2.24) is 16.0 Å². The second kappa shape index (κ2) is 14.5. The molecular formula is C18H31IN4O3. The zero-order valence-electron chi connectivity index (χ0n) is 16.0. The van der Waals surface area contributed by atoms with E-state index in [4.69, 9.17) is 9.47 Å². The molecule has 1 amide bonds. The molecule has 1 aromatic rings. The van der Waals surface area contributed by atoms with Crippen molar-refractivity contribution in [2.24, 2.45) is 4.99 Å². The van der Waals surface area contributed by atoms with Crippen molar-refractivity contribution >= 4 is 35.8 Å². The first-order chi connectivity index (χ1) is 12.0. The molecule has 0 fully saturated rings. The molecule has 0 aliphatic rings. The molecule has 148 valence electrons. The number of carbonyl (C=O) groups is 1. The zero-order chi connectivity index (χ0) is 18.5. The number of aliphatic imine (C=N–C) groups is 1. The number of nitrogens with zero attached hydrogens (tertiary/aromatic N) is 1. The van der Waals surface area contributed by atoms with Crippen LogP contribution in [0.2, 0.25) is 0 Å². The highest BCUT2D eigenvalue weighted by Crippen LogP contribution is 2.16. The molecule has 0 aliphatic heterocycles. The van der Waals surface area contributed by atoms with Crippen molar-refractivity contribution in [2.45, 2.75) is 33.2 Å². The molecule has 0 saturated heterocycles. The maximum Gasteiger partial charge on any atom is 0.222 e. The van der Waals surface area contributed by atoms with Crippen molar-refractivity contribution in [1.29, 1.82) is 0 Å². The molecule has 26 heavy (non-hydrogen) atoms. The maximum absolute atomic E-state index is 11.6. The third kappa shape index (κ3) is 11.0. The zero-order valence-corrected chi connectivity index (χ0v) is 18.3. The summed E-state index contributed by atoms with van der Waals surface area (Å²) in [6.45, 7) is 8.18. The van der Waals surface area contributed by atoms with Gasteiger partial charge >= 0.3 is 0 Å². The van der Waals surface area contributed by atoms with Crippen molar-refractivity contribution in [2.75, 3.05) is 33.4 Å². The predicted molar refractivity (Wildman–Crippen MR) is 116 cm³/mol.